The molecule has 0 saturated heterocycles. The van der Waals surface area contributed by atoms with Crippen LogP contribution in [0.1, 0.15) is 27.2 Å². The summed E-state index contributed by atoms with van der Waals surface area (Å²) in [6.45, 7) is 5.65. The van der Waals surface area contributed by atoms with E-state index in [0.717, 1.165) is 0 Å². The van der Waals surface area contributed by atoms with E-state index in [9.17, 15) is 4.79 Å². The lowest BCUT2D eigenvalue weighted by Gasteiger charge is -2.14. The molecule has 0 rings (SSSR count). The fourth-order valence-corrected chi connectivity index (χ4v) is 0.501. The van der Waals surface area contributed by atoms with Gasteiger partial charge in [0, 0.05) is 11.8 Å². The van der Waals surface area contributed by atoms with E-state index in [1.165, 1.54) is 13.3 Å². The molecule has 0 heterocycles. The molecule has 0 aromatic heterocycles. The highest BCUT2D eigenvalue weighted by molar-refractivity contribution is 5.94. The van der Waals surface area contributed by atoms with Crippen molar-refractivity contribution in [1.29, 1.82) is 0 Å². The third-order valence-electron chi connectivity index (χ3n) is 1.29. The monoisotopic (exact) mass is 157 g/mol. The van der Waals surface area contributed by atoms with Crippen LogP contribution in [-0.4, -0.2) is 19.1 Å². The molecular formula is C8H15NO2. The molecule has 3 nitrogen and oxygen atoms in total. The first kappa shape index (κ1) is 10.1. The number of carbonyl (C=O) groups is 1. The predicted octanol–water partition coefficient (Wildman–Crippen LogP) is 1.62. The highest BCUT2D eigenvalue weighted by Gasteiger charge is 2.19. The smallest absolute Gasteiger partial charge is 0.143 e. The Morgan fingerprint density at radius 2 is 2.09 bits per heavy atom. The Labute approximate surface area is 67.4 Å². The summed E-state index contributed by atoms with van der Waals surface area (Å²) in [7, 11) is 1.46. The average Bonchev–Trinajstić information content (AvgIpc) is 1.86. The Hall–Kier alpha value is -0.860. The van der Waals surface area contributed by atoms with Crippen LogP contribution >= 0.6 is 0 Å². The standard InChI is InChI=1S/C8H15NO2/c1-8(2,3)7(10)5-6-9-11-4/h6H,5H2,1-4H3/b9-6-. The normalized spacial score (nSPS) is 12.0. The summed E-state index contributed by atoms with van der Waals surface area (Å²) in [6, 6.07) is 0. The molecule has 3 heteroatoms. The Bertz CT molecular complexity index is 156. The summed E-state index contributed by atoms with van der Waals surface area (Å²) < 4.78 is 0. The number of hydrogen-bond donors (Lipinski definition) is 0. The molecule has 0 aliphatic rings. The molecule has 0 fully saturated rings. The number of ketones is 1. The minimum atomic E-state index is -0.278. The second-order valence-electron chi connectivity index (χ2n) is 3.35. The molecule has 0 N–H and O–H groups in total. The molecule has 0 aromatic carbocycles. The van der Waals surface area contributed by atoms with Gasteiger partial charge in [-0.05, 0) is 0 Å². The minimum Gasteiger partial charge on any atom is -0.399 e. The van der Waals surface area contributed by atoms with Crippen molar-refractivity contribution in [3.05, 3.63) is 0 Å². The van der Waals surface area contributed by atoms with Gasteiger partial charge in [0.2, 0.25) is 0 Å². The van der Waals surface area contributed by atoms with Crippen molar-refractivity contribution in [2.24, 2.45) is 10.6 Å². The first-order valence-electron chi connectivity index (χ1n) is 3.56. The van der Waals surface area contributed by atoms with Crippen LogP contribution in [0.3, 0.4) is 0 Å². The fourth-order valence-electron chi connectivity index (χ4n) is 0.501. The van der Waals surface area contributed by atoms with Gasteiger partial charge in [-0.2, -0.15) is 0 Å². The van der Waals surface area contributed by atoms with Crippen LogP contribution in [0.4, 0.5) is 0 Å². The number of carbonyl (C=O) groups excluding carboxylic acids is 1. The molecule has 0 radical (unpaired) electrons. The Morgan fingerprint density at radius 3 is 2.45 bits per heavy atom. The summed E-state index contributed by atoms with van der Waals surface area (Å²) in [5.74, 6) is 0.165. The molecule has 64 valence electrons. The van der Waals surface area contributed by atoms with Gasteiger partial charge in [0.15, 0.2) is 0 Å². The molecule has 0 amide bonds. The summed E-state index contributed by atoms with van der Waals surface area (Å²) in [5.41, 5.74) is -0.278. The first-order valence-corrected chi connectivity index (χ1v) is 3.56. The molecule has 0 aliphatic carbocycles. The molecule has 0 spiro atoms. The minimum absolute atomic E-state index is 0.165. The van der Waals surface area contributed by atoms with Crippen LogP contribution in [0.5, 0.6) is 0 Å². The van der Waals surface area contributed by atoms with Crippen molar-refractivity contribution >= 4 is 12.0 Å². The lowest BCUT2D eigenvalue weighted by molar-refractivity contribution is -0.124. The highest BCUT2D eigenvalue weighted by Crippen LogP contribution is 2.15. The third kappa shape index (κ3) is 4.53. The highest BCUT2D eigenvalue weighted by atomic mass is 16.6. The largest absolute Gasteiger partial charge is 0.399 e. The van der Waals surface area contributed by atoms with Gasteiger partial charge in [-0.25, -0.2) is 0 Å². The van der Waals surface area contributed by atoms with Gasteiger partial charge in [-0.15, -0.1) is 0 Å². The van der Waals surface area contributed by atoms with Crippen molar-refractivity contribution in [3.8, 4) is 0 Å². The maximum atomic E-state index is 11.2. The van der Waals surface area contributed by atoms with Crippen molar-refractivity contribution in [3.63, 3.8) is 0 Å². The van der Waals surface area contributed by atoms with E-state index < -0.39 is 0 Å². The Kier molecular flexibility index (Phi) is 3.79. The quantitative estimate of drug-likeness (QED) is 0.461. The Balaban J connectivity index is 3.80. The average molecular weight is 157 g/mol. The number of rotatable bonds is 3. The van der Waals surface area contributed by atoms with Gasteiger partial charge in [0.25, 0.3) is 0 Å². The van der Waals surface area contributed by atoms with E-state index in [-0.39, 0.29) is 11.2 Å². The lowest BCUT2D eigenvalue weighted by atomic mass is 9.89. The SMILES string of the molecule is CO/N=C\CC(=O)C(C)(C)C. The number of hydrogen-bond acceptors (Lipinski definition) is 3. The van der Waals surface area contributed by atoms with Gasteiger partial charge in [-0.3, -0.25) is 4.79 Å². The number of Topliss-reactive ketones (excluding diaryl/α,β-unsaturated/α-hetero) is 1. The zero-order valence-electron chi connectivity index (χ0n) is 7.55. The molecular weight excluding hydrogens is 142 g/mol. The van der Waals surface area contributed by atoms with Gasteiger partial charge in [0.05, 0.1) is 6.21 Å². The molecule has 0 aliphatic heterocycles. The molecule has 0 bridgehead atoms. The maximum Gasteiger partial charge on any atom is 0.143 e. The van der Waals surface area contributed by atoms with Crippen molar-refractivity contribution in [1.82, 2.24) is 0 Å². The summed E-state index contributed by atoms with van der Waals surface area (Å²) in [5, 5.41) is 3.48. The molecule has 0 atom stereocenters. The van der Waals surface area contributed by atoms with E-state index in [1.54, 1.807) is 0 Å². The van der Waals surface area contributed by atoms with Crippen molar-refractivity contribution in [2.75, 3.05) is 7.11 Å². The van der Waals surface area contributed by atoms with E-state index in [4.69, 9.17) is 0 Å². The molecule has 0 aromatic rings. The van der Waals surface area contributed by atoms with Crippen LogP contribution in [-0.2, 0) is 9.63 Å². The number of oxime groups is 1. The molecule has 11 heavy (non-hydrogen) atoms. The molecule has 0 saturated carbocycles. The molecule has 0 unspecified atom stereocenters. The third-order valence-corrected chi connectivity index (χ3v) is 1.29. The topological polar surface area (TPSA) is 38.7 Å². The number of nitrogens with zero attached hydrogens (tertiary/aromatic N) is 1. The van der Waals surface area contributed by atoms with Crippen molar-refractivity contribution < 1.29 is 9.63 Å². The van der Waals surface area contributed by atoms with E-state index in [1.807, 2.05) is 20.8 Å². The van der Waals surface area contributed by atoms with E-state index >= 15 is 0 Å². The summed E-state index contributed by atoms with van der Waals surface area (Å²) in [6.07, 6.45) is 1.82. The van der Waals surface area contributed by atoms with E-state index in [0.29, 0.717) is 6.42 Å². The fraction of sp³-hybridized carbons (Fsp3) is 0.750. The first-order chi connectivity index (χ1) is 4.98. The van der Waals surface area contributed by atoms with Crippen LogP contribution in [0, 0.1) is 5.41 Å². The van der Waals surface area contributed by atoms with Gasteiger partial charge in [0.1, 0.15) is 12.9 Å². The van der Waals surface area contributed by atoms with Crippen molar-refractivity contribution in [2.45, 2.75) is 27.2 Å². The van der Waals surface area contributed by atoms with Crippen LogP contribution in [0.2, 0.25) is 0 Å². The maximum absolute atomic E-state index is 11.2. The zero-order chi connectivity index (χ0) is 8.91. The van der Waals surface area contributed by atoms with Gasteiger partial charge < -0.3 is 4.84 Å². The predicted molar refractivity (Wildman–Crippen MR) is 44.6 cm³/mol. The summed E-state index contributed by atoms with van der Waals surface area (Å²) >= 11 is 0. The van der Waals surface area contributed by atoms with Gasteiger partial charge >= 0.3 is 0 Å². The lowest BCUT2D eigenvalue weighted by Crippen LogP contribution is -2.19. The second-order valence-corrected chi connectivity index (χ2v) is 3.35. The van der Waals surface area contributed by atoms with Crippen LogP contribution in [0.25, 0.3) is 0 Å². The second kappa shape index (κ2) is 4.11. The van der Waals surface area contributed by atoms with E-state index in [2.05, 4.69) is 9.99 Å². The Morgan fingerprint density at radius 1 is 1.55 bits per heavy atom. The summed E-state index contributed by atoms with van der Waals surface area (Å²) in [4.78, 5) is 15.6. The van der Waals surface area contributed by atoms with Gasteiger partial charge in [-0.1, -0.05) is 25.9 Å². The zero-order valence-corrected chi connectivity index (χ0v) is 7.55. The van der Waals surface area contributed by atoms with Crippen LogP contribution < -0.4 is 0 Å². The van der Waals surface area contributed by atoms with Crippen LogP contribution in [0.15, 0.2) is 5.16 Å².